The molecule has 8 rings (SSSR count). The van der Waals surface area contributed by atoms with Crippen molar-refractivity contribution in [2.24, 2.45) is 17.8 Å². The highest BCUT2D eigenvalue weighted by Crippen LogP contribution is 2.38. The molecule has 3 fully saturated rings. The lowest BCUT2D eigenvalue weighted by molar-refractivity contribution is -0.185. The highest BCUT2D eigenvalue weighted by Gasteiger charge is 2.46. The van der Waals surface area contributed by atoms with Crippen LogP contribution in [-0.2, 0) is 38.0 Å². The Balaban J connectivity index is 1.26. The van der Waals surface area contributed by atoms with Crippen LogP contribution in [0.25, 0.3) is 0 Å². The number of esters is 2. The lowest BCUT2D eigenvalue weighted by Gasteiger charge is -2.41. The quantitative estimate of drug-likeness (QED) is 0.191. The molecule has 2 N–H and O–H groups in total. The van der Waals surface area contributed by atoms with Crippen LogP contribution in [0.5, 0.6) is 0 Å². The molecule has 10 heteroatoms. The molecule has 0 saturated carbocycles. The van der Waals surface area contributed by atoms with Gasteiger partial charge in [-0.3, -0.25) is 4.79 Å². The molecule has 3 saturated heterocycles. The average Bonchev–Trinajstić information content (AvgIpc) is 3.53. The van der Waals surface area contributed by atoms with E-state index in [2.05, 4.69) is 44.2 Å². The minimum atomic E-state index is -1.15. The van der Waals surface area contributed by atoms with Gasteiger partial charge in [0.15, 0.2) is 6.10 Å². The zero-order chi connectivity index (χ0) is 40.3. The maximum absolute atomic E-state index is 13.2. The third-order valence-corrected chi connectivity index (χ3v) is 12.2. The summed E-state index contributed by atoms with van der Waals surface area (Å²) in [4.78, 5) is 26.2. The fourth-order valence-electron chi connectivity index (χ4n) is 8.68. The van der Waals surface area contributed by atoms with E-state index in [1.165, 1.54) is 6.08 Å². The largest absolute Gasteiger partial charge is 0.455 e. The van der Waals surface area contributed by atoms with E-state index in [0.717, 1.165) is 31.3 Å². The molecule has 1 unspecified atom stereocenters. The summed E-state index contributed by atoms with van der Waals surface area (Å²) in [6, 6.07) is 0. The fraction of sp³-hybridized carbons (Fsp3) is 0.617. The molecule has 9 bridgehead atoms. The fourth-order valence-corrected chi connectivity index (χ4v) is 8.68. The lowest BCUT2D eigenvalue weighted by atomic mass is 9.85. The predicted octanol–water partition coefficient (Wildman–Crippen LogP) is 7.28. The van der Waals surface area contributed by atoms with Gasteiger partial charge < -0.3 is 38.6 Å². The van der Waals surface area contributed by atoms with Crippen molar-refractivity contribution in [1.82, 2.24) is 0 Å². The second-order valence-electron chi connectivity index (χ2n) is 16.7. The molecule has 8 heterocycles. The van der Waals surface area contributed by atoms with Gasteiger partial charge in [-0.1, -0.05) is 100 Å². The molecule has 0 aromatic rings. The van der Waals surface area contributed by atoms with Crippen molar-refractivity contribution in [1.29, 1.82) is 0 Å². The summed E-state index contributed by atoms with van der Waals surface area (Å²) in [6.07, 6.45) is 29.6. The van der Waals surface area contributed by atoms with Gasteiger partial charge in [-0.25, -0.2) is 4.79 Å². The molecule has 0 spiro atoms. The van der Waals surface area contributed by atoms with Crippen molar-refractivity contribution in [3.05, 3.63) is 96.7 Å². The molecule has 15 atom stereocenters. The number of aliphatic hydroxyl groups is 2. The molecule has 0 radical (unpaired) electrons. The first kappa shape index (κ1) is 43.2. The summed E-state index contributed by atoms with van der Waals surface area (Å²) in [6.45, 7) is 8.26. The third-order valence-electron chi connectivity index (χ3n) is 12.2. The maximum atomic E-state index is 13.2. The molecule has 0 aliphatic carbocycles. The number of rotatable bonds is 0. The minimum Gasteiger partial charge on any atom is -0.455 e. The lowest BCUT2D eigenvalue weighted by Crippen LogP contribution is -2.50. The Hall–Kier alpha value is -3.38. The van der Waals surface area contributed by atoms with Crippen molar-refractivity contribution in [3.8, 4) is 0 Å². The topological polar surface area (TPSA) is 130 Å². The first-order chi connectivity index (χ1) is 27.5. The van der Waals surface area contributed by atoms with Crippen molar-refractivity contribution < 1.29 is 48.2 Å². The van der Waals surface area contributed by atoms with Gasteiger partial charge in [-0.2, -0.15) is 0 Å². The summed E-state index contributed by atoms with van der Waals surface area (Å²) >= 11 is 0. The average molecular weight is 789 g/mol. The molecule has 57 heavy (non-hydrogen) atoms. The van der Waals surface area contributed by atoms with E-state index in [1.54, 1.807) is 18.2 Å². The first-order valence-electron chi connectivity index (χ1n) is 21.3. The Labute approximate surface area is 339 Å². The van der Waals surface area contributed by atoms with Crippen LogP contribution in [0.15, 0.2) is 96.7 Å². The van der Waals surface area contributed by atoms with E-state index in [0.29, 0.717) is 25.7 Å². The van der Waals surface area contributed by atoms with Crippen molar-refractivity contribution in [3.63, 3.8) is 0 Å². The Kier molecular flexibility index (Phi) is 16.0. The molecule has 8 aliphatic heterocycles. The molecule has 0 amide bonds. The molecule has 0 aromatic carbocycles. The molecule has 8 aliphatic rings. The zero-order valence-electron chi connectivity index (χ0n) is 34.1. The monoisotopic (exact) mass is 788 g/mol. The minimum absolute atomic E-state index is 0.0586. The summed E-state index contributed by atoms with van der Waals surface area (Å²) in [5, 5.41) is 22.8. The Morgan fingerprint density at radius 2 is 1.42 bits per heavy atom. The number of aliphatic hydroxyl groups excluding tert-OH is 2. The number of ether oxygens (including phenoxy) is 6. The summed E-state index contributed by atoms with van der Waals surface area (Å²) in [7, 11) is 0. The molecular weight excluding hydrogens is 725 g/mol. The summed E-state index contributed by atoms with van der Waals surface area (Å²) in [5.74, 6) is -0.648. The number of carbonyl (C=O) groups is 2. The SMILES string of the molecule is C/C1=C/[C@H](C)CCCCC(=O)O[C@H]2/C=C/CC/C=C/C[C@H]3C=C[C@@H](OC(=O)\C=C/C=C\C=C\C4O[C@@H]5C[C@H]4O[C@@H](/C=C/C[C@H]4O[C@H](C[C@H](O)[C@H]4C)[C@H]2O)[C@@H]5C)[C@H]1O3. The van der Waals surface area contributed by atoms with Crippen LogP contribution in [0.1, 0.15) is 91.9 Å². The summed E-state index contributed by atoms with van der Waals surface area (Å²) in [5.41, 5.74) is 0.990. The van der Waals surface area contributed by atoms with E-state index in [9.17, 15) is 19.8 Å². The second-order valence-corrected chi connectivity index (χ2v) is 16.7. The summed E-state index contributed by atoms with van der Waals surface area (Å²) < 4.78 is 37.8. The third kappa shape index (κ3) is 12.1. The van der Waals surface area contributed by atoms with Gasteiger partial charge in [0.05, 0.1) is 42.7 Å². The van der Waals surface area contributed by atoms with Crippen LogP contribution < -0.4 is 0 Å². The number of hydrogen-bond donors (Lipinski definition) is 2. The highest BCUT2D eigenvalue weighted by atomic mass is 16.6. The highest BCUT2D eigenvalue weighted by molar-refractivity contribution is 5.82. The van der Waals surface area contributed by atoms with Crippen LogP contribution in [0, 0.1) is 17.8 Å². The number of carbonyl (C=O) groups excluding carboxylic acids is 2. The number of allylic oxidation sites excluding steroid dienone is 7. The van der Waals surface area contributed by atoms with Crippen molar-refractivity contribution >= 4 is 11.9 Å². The first-order valence-corrected chi connectivity index (χ1v) is 21.3. The Morgan fingerprint density at radius 1 is 0.632 bits per heavy atom. The van der Waals surface area contributed by atoms with Gasteiger partial charge in [0.2, 0.25) is 0 Å². The van der Waals surface area contributed by atoms with Crippen LogP contribution in [0.3, 0.4) is 0 Å². The number of fused-ring (bicyclic) bond motifs is 8. The van der Waals surface area contributed by atoms with E-state index in [4.69, 9.17) is 28.4 Å². The van der Waals surface area contributed by atoms with Gasteiger partial charge in [-0.15, -0.1) is 0 Å². The molecule has 312 valence electrons. The smallest absolute Gasteiger partial charge is 0.331 e. The van der Waals surface area contributed by atoms with Gasteiger partial charge in [0.1, 0.15) is 24.4 Å². The van der Waals surface area contributed by atoms with Crippen LogP contribution >= 0.6 is 0 Å². The van der Waals surface area contributed by atoms with Crippen molar-refractivity contribution in [2.75, 3.05) is 0 Å². The van der Waals surface area contributed by atoms with Gasteiger partial charge >= 0.3 is 11.9 Å². The number of hydrogen-bond acceptors (Lipinski definition) is 10. The predicted molar refractivity (Wildman–Crippen MR) is 218 cm³/mol. The Bertz CT molecular complexity index is 1590. The molecular formula is C47H64O10. The maximum Gasteiger partial charge on any atom is 0.331 e. The zero-order valence-corrected chi connectivity index (χ0v) is 34.1. The normalized spacial score (nSPS) is 45.6. The Morgan fingerprint density at radius 3 is 2.28 bits per heavy atom. The van der Waals surface area contributed by atoms with Crippen LogP contribution in [0.2, 0.25) is 0 Å². The van der Waals surface area contributed by atoms with Gasteiger partial charge in [0.25, 0.3) is 0 Å². The van der Waals surface area contributed by atoms with E-state index in [-0.39, 0.29) is 73.2 Å². The van der Waals surface area contributed by atoms with Gasteiger partial charge in [0, 0.05) is 37.2 Å². The van der Waals surface area contributed by atoms with E-state index < -0.39 is 42.6 Å². The van der Waals surface area contributed by atoms with Gasteiger partial charge in [-0.05, 0) is 69.1 Å². The molecule has 0 aromatic heterocycles. The van der Waals surface area contributed by atoms with Crippen LogP contribution in [0.4, 0.5) is 0 Å². The van der Waals surface area contributed by atoms with Crippen LogP contribution in [-0.4, -0.2) is 95.4 Å². The standard InChI is InChI=1S/C47H64O10/c1-30-17-14-15-24-44(49)56-39-20-12-7-5-6-10-18-34-25-26-40(47(52-34)31(2)27-30)57-45(50)23-13-9-8-11-19-38-42-29-41(55-38)33(4)37(53-42)22-16-21-36-32(3)35(48)28-43(54-36)46(39)51/h6,8-13,16,19-20,22-23,25-27,30,32-43,46-48,51H,5,7,14-15,17-18,21,24,28-29H2,1-4H3/b9-8-,10-6+,19-11+,20-12+,22-16+,23-13-,31-27-/t30-,32-,33+,34+,35+,36-,37+,38?,39+,40-,41-,42-,43-,46+,47+/m1/s1. The molecule has 10 nitrogen and oxygen atoms in total. The second kappa shape index (κ2) is 21.0. The van der Waals surface area contributed by atoms with Crippen molar-refractivity contribution in [2.45, 2.75) is 165 Å². The van der Waals surface area contributed by atoms with E-state index >= 15 is 0 Å². The van der Waals surface area contributed by atoms with E-state index in [1.807, 2.05) is 50.3 Å².